The molecule has 1 N–H and O–H groups in total. The maximum atomic E-state index is 12.3. The standard InChI is InChI=1S/C16H17N3O3S/c1-2-22-13-6-4-3-5-12(13)19-10-11(9-14(19)20)15(21)18-16-17-7-8-23-16/h3-8,11H,2,9-10H2,1H3,(H,17,18,21)/t11-/m1/s1. The largest absolute Gasteiger partial charge is 0.492 e. The van der Waals surface area contributed by atoms with E-state index in [1.54, 1.807) is 16.5 Å². The van der Waals surface area contributed by atoms with Gasteiger partial charge in [0, 0.05) is 24.5 Å². The molecule has 0 spiro atoms. The van der Waals surface area contributed by atoms with Gasteiger partial charge in [-0.05, 0) is 19.1 Å². The van der Waals surface area contributed by atoms with Gasteiger partial charge in [-0.15, -0.1) is 11.3 Å². The van der Waals surface area contributed by atoms with Crippen LogP contribution in [-0.4, -0.2) is 29.9 Å². The molecule has 1 aliphatic rings. The molecule has 1 saturated heterocycles. The number of rotatable bonds is 5. The Hall–Kier alpha value is -2.41. The number of benzene rings is 1. The highest BCUT2D eigenvalue weighted by atomic mass is 32.1. The lowest BCUT2D eigenvalue weighted by atomic mass is 10.1. The van der Waals surface area contributed by atoms with Crippen molar-refractivity contribution in [3.8, 4) is 5.75 Å². The first-order valence-corrected chi connectivity index (χ1v) is 8.29. The van der Waals surface area contributed by atoms with E-state index in [0.717, 1.165) is 0 Å². The molecular formula is C16H17N3O3S. The summed E-state index contributed by atoms with van der Waals surface area (Å²) >= 11 is 1.36. The van der Waals surface area contributed by atoms with Crippen LogP contribution in [0.1, 0.15) is 13.3 Å². The lowest BCUT2D eigenvalue weighted by Gasteiger charge is -2.20. The Bertz CT molecular complexity index is 702. The van der Waals surface area contributed by atoms with Gasteiger partial charge < -0.3 is 15.0 Å². The van der Waals surface area contributed by atoms with Crippen LogP contribution in [-0.2, 0) is 9.59 Å². The van der Waals surface area contributed by atoms with Gasteiger partial charge in [0.25, 0.3) is 0 Å². The van der Waals surface area contributed by atoms with Gasteiger partial charge in [-0.1, -0.05) is 12.1 Å². The SMILES string of the molecule is CCOc1ccccc1N1C[C@H](C(=O)Nc2nccs2)CC1=O. The van der Waals surface area contributed by atoms with Crippen LogP contribution in [0.5, 0.6) is 5.75 Å². The smallest absolute Gasteiger partial charge is 0.231 e. The van der Waals surface area contributed by atoms with Crippen LogP contribution in [0.15, 0.2) is 35.8 Å². The van der Waals surface area contributed by atoms with E-state index in [9.17, 15) is 9.59 Å². The zero-order chi connectivity index (χ0) is 16.2. The molecule has 0 saturated carbocycles. The Morgan fingerprint density at radius 2 is 2.30 bits per heavy atom. The number of ether oxygens (including phenoxy) is 1. The fourth-order valence-corrected chi connectivity index (χ4v) is 3.10. The molecule has 1 aromatic heterocycles. The van der Waals surface area contributed by atoms with Gasteiger partial charge in [-0.25, -0.2) is 4.98 Å². The van der Waals surface area contributed by atoms with Crippen LogP contribution in [0.3, 0.4) is 0 Å². The van der Waals surface area contributed by atoms with Crippen LogP contribution in [0.4, 0.5) is 10.8 Å². The Morgan fingerprint density at radius 3 is 3.04 bits per heavy atom. The average molecular weight is 331 g/mol. The summed E-state index contributed by atoms with van der Waals surface area (Å²) in [6.07, 6.45) is 1.82. The third-order valence-corrected chi connectivity index (χ3v) is 4.30. The molecule has 1 fully saturated rings. The number of aromatic nitrogens is 1. The maximum absolute atomic E-state index is 12.3. The number of nitrogens with one attached hydrogen (secondary N) is 1. The molecule has 0 aliphatic carbocycles. The first-order chi connectivity index (χ1) is 11.2. The zero-order valence-corrected chi connectivity index (χ0v) is 13.5. The molecule has 2 aromatic rings. The van der Waals surface area contributed by atoms with Gasteiger partial charge in [0.1, 0.15) is 5.75 Å². The van der Waals surface area contributed by atoms with E-state index in [1.807, 2.05) is 31.2 Å². The minimum Gasteiger partial charge on any atom is -0.492 e. The predicted octanol–water partition coefficient (Wildman–Crippen LogP) is 2.53. The lowest BCUT2D eigenvalue weighted by molar-refractivity contribution is -0.122. The van der Waals surface area contributed by atoms with Crippen molar-refractivity contribution >= 4 is 34.0 Å². The molecule has 1 atom stereocenters. The van der Waals surface area contributed by atoms with E-state index in [2.05, 4.69) is 10.3 Å². The van der Waals surface area contributed by atoms with Crippen LogP contribution in [0, 0.1) is 5.92 Å². The summed E-state index contributed by atoms with van der Waals surface area (Å²) < 4.78 is 5.58. The second-order valence-corrected chi connectivity index (χ2v) is 6.03. The topological polar surface area (TPSA) is 71.5 Å². The fourth-order valence-electron chi connectivity index (χ4n) is 2.57. The fraction of sp³-hybridized carbons (Fsp3) is 0.312. The quantitative estimate of drug-likeness (QED) is 0.914. The van der Waals surface area contributed by atoms with Gasteiger partial charge in [0.15, 0.2) is 5.13 Å². The summed E-state index contributed by atoms with van der Waals surface area (Å²) in [5.41, 5.74) is 0.712. The number of carbonyl (C=O) groups excluding carboxylic acids is 2. The molecule has 3 rings (SSSR count). The van der Waals surface area contributed by atoms with Crippen LogP contribution in [0.25, 0.3) is 0 Å². The molecule has 2 amide bonds. The minimum atomic E-state index is -0.388. The summed E-state index contributed by atoms with van der Waals surface area (Å²) in [7, 11) is 0. The third kappa shape index (κ3) is 3.34. The van der Waals surface area contributed by atoms with Gasteiger partial charge in [-0.3, -0.25) is 9.59 Å². The van der Waals surface area contributed by atoms with E-state index >= 15 is 0 Å². The van der Waals surface area contributed by atoms with Crippen molar-refractivity contribution in [2.75, 3.05) is 23.4 Å². The third-order valence-electron chi connectivity index (χ3n) is 3.61. The lowest BCUT2D eigenvalue weighted by Crippen LogP contribution is -2.28. The van der Waals surface area contributed by atoms with E-state index in [-0.39, 0.29) is 24.2 Å². The molecule has 0 radical (unpaired) electrons. The first-order valence-electron chi connectivity index (χ1n) is 7.41. The second-order valence-electron chi connectivity index (χ2n) is 5.13. The number of carbonyl (C=O) groups is 2. The normalized spacial score (nSPS) is 17.3. The summed E-state index contributed by atoms with van der Waals surface area (Å²) in [5.74, 6) is 0.0200. The monoisotopic (exact) mass is 331 g/mol. The van der Waals surface area contributed by atoms with Crippen molar-refractivity contribution in [3.05, 3.63) is 35.8 Å². The number of hydrogen-bond acceptors (Lipinski definition) is 5. The number of hydrogen-bond donors (Lipinski definition) is 1. The van der Waals surface area contributed by atoms with Crippen LogP contribution < -0.4 is 15.0 Å². The van der Waals surface area contributed by atoms with Crippen LogP contribution in [0.2, 0.25) is 0 Å². The molecule has 0 bridgehead atoms. The average Bonchev–Trinajstić information content (AvgIpc) is 3.18. The Kier molecular flexibility index (Phi) is 4.57. The van der Waals surface area contributed by atoms with E-state index in [4.69, 9.17) is 4.74 Å². The van der Waals surface area contributed by atoms with Gasteiger partial charge in [0.05, 0.1) is 18.2 Å². The van der Waals surface area contributed by atoms with Crippen molar-refractivity contribution < 1.29 is 14.3 Å². The van der Waals surface area contributed by atoms with Gasteiger partial charge in [-0.2, -0.15) is 0 Å². The highest BCUT2D eigenvalue weighted by molar-refractivity contribution is 7.13. The summed E-state index contributed by atoms with van der Waals surface area (Å²) in [6.45, 7) is 2.76. The molecule has 0 unspecified atom stereocenters. The molecular weight excluding hydrogens is 314 g/mol. The molecule has 120 valence electrons. The summed E-state index contributed by atoms with van der Waals surface area (Å²) in [4.78, 5) is 30.3. The number of thiazole rings is 1. The highest BCUT2D eigenvalue weighted by Crippen LogP contribution is 2.33. The summed E-state index contributed by atoms with van der Waals surface area (Å²) in [6, 6.07) is 7.38. The predicted molar refractivity (Wildman–Crippen MR) is 88.8 cm³/mol. The molecule has 7 heteroatoms. The molecule has 1 aliphatic heterocycles. The molecule has 2 heterocycles. The number of nitrogens with zero attached hydrogens (tertiary/aromatic N) is 2. The molecule has 23 heavy (non-hydrogen) atoms. The number of amides is 2. The van der Waals surface area contributed by atoms with Crippen LogP contribution >= 0.6 is 11.3 Å². The first kappa shape index (κ1) is 15.5. The Morgan fingerprint density at radius 1 is 1.48 bits per heavy atom. The van der Waals surface area contributed by atoms with Crippen molar-refractivity contribution in [1.29, 1.82) is 0 Å². The van der Waals surface area contributed by atoms with Crippen molar-refractivity contribution in [3.63, 3.8) is 0 Å². The van der Waals surface area contributed by atoms with E-state index in [1.165, 1.54) is 11.3 Å². The maximum Gasteiger partial charge on any atom is 0.231 e. The molecule has 1 aromatic carbocycles. The second kappa shape index (κ2) is 6.78. The summed E-state index contributed by atoms with van der Waals surface area (Å²) in [5, 5.41) is 5.10. The number of para-hydroxylation sites is 2. The van der Waals surface area contributed by atoms with Crippen molar-refractivity contribution in [2.24, 2.45) is 5.92 Å². The zero-order valence-electron chi connectivity index (χ0n) is 12.7. The van der Waals surface area contributed by atoms with E-state index in [0.29, 0.717) is 29.7 Å². The van der Waals surface area contributed by atoms with Gasteiger partial charge >= 0.3 is 0 Å². The number of anilines is 2. The van der Waals surface area contributed by atoms with Crippen molar-refractivity contribution in [2.45, 2.75) is 13.3 Å². The minimum absolute atomic E-state index is 0.0727. The van der Waals surface area contributed by atoms with E-state index < -0.39 is 0 Å². The Balaban J connectivity index is 1.74. The van der Waals surface area contributed by atoms with Gasteiger partial charge in [0.2, 0.25) is 11.8 Å². The van der Waals surface area contributed by atoms with Crippen molar-refractivity contribution in [1.82, 2.24) is 4.98 Å². The highest BCUT2D eigenvalue weighted by Gasteiger charge is 2.36. The Labute approximate surface area is 138 Å². The molecule has 6 nitrogen and oxygen atoms in total.